The zero-order valence-electron chi connectivity index (χ0n) is 31.0. The molecule has 9 heteroatoms. The Morgan fingerprint density at radius 3 is 1.87 bits per heavy atom. The highest BCUT2D eigenvalue weighted by molar-refractivity contribution is 7.96. The molecule has 1 saturated heterocycles. The number of nitrogens with zero attached hydrogens (tertiary/aromatic N) is 1. The lowest BCUT2D eigenvalue weighted by Gasteiger charge is -2.53. The summed E-state index contributed by atoms with van der Waals surface area (Å²) in [5.41, 5.74) is 1.25. The van der Waals surface area contributed by atoms with E-state index in [1.807, 2.05) is 97.9 Å². The van der Waals surface area contributed by atoms with Crippen LogP contribution in [-0.4, -0.2) is 60.2 Å². The summed E-state index contributed by atoms with van der Waals surface area (Å²) in [6.45, 7) is 13.0. The first kappa shape index (κ1) is 38.9. The molecule has 7 nitrogen and oxygen atoms in total. The number of rotatable bonds is 14. The van der Waals surface area contributed by atoms with Gasteiger partial charge in [-0.2, -0.15) is 0 Å². The van der Waals surface area contributed by atoms with Crippen molar-refractivity contribution in [3.63, 3.8) is 0 Å². The molecule has 1 N–H and O–H groups in total. The predicted molar refractivity (Wildman–Crippen MR) is 214 cm³/mol. The standard InChI is InChI=1S/C43H50NO6PSi/c1-8-27-49-42(48)41(51(34-21-12-9-13-22-34,35-23-14-10-15-24-35)36-25-16-11-17-26-36)44-37(29-38(46)33-20-18-19-32(28-33)30-45)39(40(44)47)31(2)50-52(6,7)43(3,4)5/h8-26,28,31,37,39,45H,1,27,29-30H2,2-7H3/t31?,37-,39-/m1/s1. The molecule has 5 rings (SSSR count). The average molecular weight is 736 g/mol. The van der Waals surface area contributed by atoms with E-state index in [-0.39, 0.29) is 41.8 Å². The van der Waals surface area contributed by atoms with Gasteiger partial charge in [-0.1, -0.05) is 143 Å². The summed E-state index contributed by atoms with van der Waals surface area (Å²) in [5, 5.41) is 12.3. The number of Topliss-reactive ketones (excluding diaryl/α,β-unsaturated/α-hetero) is 1. The number of aliphatic hydroxyl groups excluding tert-OH is 1. The Kier molecular flexibility index (Phi) is 12.1. The van der Waals surface area contributed by atoms with E-state index in [1.54, 1.807) is 29.2 Å². The second kappa shape index (κ2) is 16.1. The Hall–Kier alpha value is -4.33. The van der Waals surface area contributed by atoms with E-state index in [1.165, 1.54) is 6.08 Å². The van der Waals surface area contributed by atoms with Crippen LogP contribution in [0.2, 0.25) is 18.1 Å². The molecule has 0 radical (unpaired) electrons. The highest BCUT2D eigenvalue weighted by atomic mass is 31.2. The number of β-lactam (4-membered cyclic amide) rings is 1. The fourth-order valence-electron chi connectivity index (χ4n) is 6.79. The first-order valence-corrected chi connectivity index (χ1v) is 22.4. The zero-order valence-corrected chi connectivity index (χ0v) is 32.9. The van der Waals surface area contributed by atoms with Crippen LogP contribution in [0.1, 0.15) is 50.0 Å². The van der Waals surface area contributed by atoms with Crippen LogP contribution in [0.25, 0.3) is 0 Å². The quantitative estimate of drug-likeness (QED) is 0.0381. The van der Waals surface area contributed by atoms with Crippen LogP contribution in [0.3, 0.4) is 0 Å². The molecule has 0 saturated carbocycles. The maximum atomic E-state index is 15.0. The Balaban J connectivity index is 1.83. The predicted octanol–water partition coefficient (Wildman–Crippen LogP) is 6.84. The van der Waals surface area contributed by atoms with E-state index >= 15 is 4.79 Å². The van der Waals surface area contributed by atoms with Crippen molar-refractivity contribution >= 4 is 54.2 Å². The smallest absolute Gasteiger partial charge is 0.356 e. The van der Waals surface area contributed by atoms with Crippen molar-refractivity contribution in [2.24, 2.45) is 5.92 Å². The molecule has 0 aliphatic carbocycles. The highest BCUT2D eigenvalue weighted by Gasteiger charge is 2.57. The molecule has 1 amide bonds. The molecule has 3 atom stereocenters. The summed E-state index contributed by atoms with van der Waals surface area (Å²) >= 11 is 0. The van der Waals surface area contributed by atoms with E-state index in [4.69, 9.17) is 9.16 Å². The number of likely N-dealkylation sites (tertiary alicyclic amines) is 1. The maximum Gasteiger partial charge on any atom is 0.356 e. The molecule has 1 aliphatic heterocycles. The van der Waals surface area contributed by atoms with Crippen molar-refractivity contribution in [2.45, 2.75) is 71.0 Å². The minimum atomic E-state index is -3.17. The fourth-order valence-corrected chi connectivity index (χ4v) is 12.6. The summed E-state index contributed by atoms with van der Waals surface area (Å²) in [6, 6.07) is 35.6. The van der Waals surface area contributed by atoms with Gasteiger partial charge in [0.1, 0.15) is 12.0 Å². The summed E-state index contributed by atoms with van der Waals surface area (Å²) in [5.74, 6) is -1.84. The first-order chi connectivity index (χ1) is 24.8. The van der Waals surface area contributed by atoms with Gasteiger partial charge >= 0.3 is 5.97 Å². The van der Waals surface area contributed by atoms with E-state index in [0.717, 1.165) is 15.9 Å². The van der Waals surface area contributed by atoms with Crippen LogP contribution < -0.4 is 15.9 Å². The fraction of sp³-hybridized carbons (Fsp3) is 0.302. The normalized spacial score (nSPS) is 16.8. The van der Waals surface area contributed by atoms with Gasteiger partial charge in [-0.15, -0.1) is 0 Å². The maximum absolute atomic E-state index is 15.0. The molecule has 0 bridgehead atoms. The van der Waals surface area contributed by atoms with Gasteiger partial charge in [-0.25, -0.2) is 4.79 Å². The van der Waals surface area contributed by atoms with Crippen LogP contribution in [-0.2, 0) is 25.4 Å². The van der Waals surface area contributed by atoms with Crippen LogP contribution >= 0.6 is 6.89 Å². The topological polar surface area (TPSA) is 93.1 Å². The molecule has 1 aliphatic rings. The van der Waals surface area contributed by atoms with Gasteiger partial charge in [0, 0.05) is 18.9 Å². The minimum Gasteiger partial charge on any atom is -0.457 e. The first-order valence-electron chi connectivity index (χ1n) is 17.7. The van der Waals surface area contributed by atoms with Crippen molar-refractivity contribution < 1.29 is 28.7 Å². The van der Waals surface area contributed by atoms with Crippen molar-refractivity contribution in [3.8, 4) is 0 Å². The average Bonchev–Trinajstić information content (AvgIpc) is 3.14. The number of hydrogen-bond acceptors (Lipinski definition) is 6. The summed E-state index contributed by atoms with van der Waals surface area (Å²) < 4.78 is 12.8. The Labute approximate surface area is 309 Å². The van der Waals surface area contributed by atoms with E-state index in [2.05, 4.69) is 40.4 Å². The van der Waals surface area contributed by atoms with Gasteiger partial charge in [0.15, 0.2) is 14.1 Å². The number of aliphatic hydroxyl groups is 1. The van der Waals surface area contributed by atoms with Gasteiger partial charge in [0.25, 0.3) is 0 Å². The van der Waals surface area contributed by atoms with Crippen LogP contribution in [0, 0.1) is 5.92 Å². The van der Waals surface area contributed by atoms with Gasteiger partial charge in [-0.05, 0) is 52.6 Å². The molecule has 1 heterocycles. The van der Waals surface area contributed by atoms with E-state index in [0.29, 0.717) is 11.1 Å². The monoisotopic (exact) mass is 735 g/mol. The lowest BCUT2D eigenvalue weighted by atomic mass is 9.79. The number of amides is 1. The summed E-state index contributed by atoms with van der Waals surface area (Å²) in [6.07, 6.45) is 0.913. The minimum absolute atomic E-state index is 0.0609. The lowest BCUT2D eigenvalue weighted by molar-refractivity contribution is -0.156. The summed E-state index contributed by atoms with van der Waals surface area (Å²) in [4.78, 5) is 45.7. The molecular weight excluding hydrogens is 686 g/mol. The molecule has 0 spiro atoms. The molecule has 1 fully saturated rings. The van der Waals surface area contributed by atoms with Crippen LogP contribution in [0.5, 0.6) is 0 Å². The van der Waals surface area contributed by atoms with Crippen LogP contribution in [0.4, 0.5) is 0 Å². The number of esters is 1. The van der Waals surface area contributed by atoms with E-state index in [9.17, 15) is 14.7 Å². The van der Waals surface area contributed by atoms with Crippen molar-refractivity contribution in [2.75, 3.05) is 6.61 Å². The number of ether oxygens (including phenoxy) is 1. The van der Waals surface area contributed by atoms with Gasteiger partial charge in [0.2, 0.25) is 5.91 Å². The number of carbonyl (C=O) groups excluding carboxylic acids is 3. The third-order valence-electron chi connectivity index (χ3n) is 10.4. The van der Waals surface area contributed by atoms with Gasteiger partial charge in [0.05, 0.1) is 24.7 Å². The molecule has 4 aromatic rings. The lowest BCUT2D eigenvalue weighted by Crippen LogP contribution is -2.69. The Morgan fingerprint density at radius 1 is 0.885 bits per heavy atom. The third kappa shape index (κ3) is 7.58. The molecule has 0 aromatic heterocycles. The van der Waals surface area contributed by atoms with Gasteiger partial charge in [-0.3, -0.25) is 9.59 Å². The highest BCUT2D eigenvalue weighted by Crippen LogP contribution is 2.50. The van der Waals surface area contributed by atoms with Gasteiger partial charge < -0.3 is 19.2 Å². The molecule has 1 unspecified atom stereocenters. The largest absolute Gasteiger partial charge is 0.457 e. The van der Waals surface area contributed by atoms with Crippen molar-refractivity contribution in [1.82, 2.24) is 4.90 Å². The third-order valence-corrected chi connectivity index (χ3v) is 19.2. The van der Waals surface area contributed by atoms with Crippen LogP contribution in [0.15, 0.2) is 128 Å². The second-order valence-corrected chi connectivity index (χ2v) is 22.8. The number of hydrogen-bond donors (Lipinski definition) is 1. The SMILES string of the molecule is C=CCOC(=O)C(N1C(=O)[C@H](C(C)O[Si](C)(C)C(C)(C)C)[C@H]1CC(=O)c1cccc(CO)c1)=P(c1ccccc1)(c1ccccc1)c1ccccc1. The Bertz CT molecular complexity index is 1850. The molecular formula is C43H50NO6PSi. The van der Waals surface area contributed by atoms with Crippen molar-refractivity contribution in [1.29, 1.82) is 0 Å². The molecule has 52 heavy (non-hydrogen) atoms. The molecule has 4 aromatic carbocycles. The number of benzene rings is 4. The van der Waals surface area contributed by atoms with E-state index < -0.39 is 39.2 Å². The summed E-state index contributed by atoms with van der Waals surface area (Å²) in [7, 11) is -2.36. The van der Waals surface area contributed by atoms with Crippen molar-refractivity contribution in [3.05, 3.63) is 139 Å². The number of ketones is 1. The zero-order chi connectivity index (χ0) is 37.7. The number of carbonyl (C=O) groups is 3. The Morgan fingerprint density at radius 2 is 1.40 bits per heavy atom. The molecule has 272 valence electrons. The second-order valence-electron chi connectivity index (χ2n) is 14.8.